The summed E-state index contributed by atoms with van der Waals surface area (Å²) in [4.78, 5) is 4.65. The van der Waals surface area contributed by atoms with E-state index < -0.39 is 5.54 Å². The molecule has 1 unspecified atom stereocenters. The van der Waals surface area contributed by atoms with Crippen molar-refractivity contribution in [2.75, 3.05) is 0 Å². The van der Waals surface area contributed by atoms with Gasteiger partial charge in [0.2, 0.25) is 0 Å². The quantitative estimate of drug-likeness (QED) is 0.802. The Morgan fingerprint density at radius 1 is 1.14 bits per heavy atom. The number of aromatic nitrogens is 2. The third-order valence-electron chi connectivity index (χ3n) is 3.91. The van der Waals surface area contributed by atoms with Crippen molar-refractivity contribution in [2.24, 2.45) is 12.8 Å². The first-order valence-corrected chi connectivity index (χ1v) is 6.93. The van der Waals surface area contributed by atoms with Gasteiger partial charge in [-0.3, -0.25) is 0 Å². The zero-order valence-electron chi connectivity index (χ0n) is 12.2. The van der Waals surface area contributed by atoms with Crippen molar-refractivity contribution in [1.82, 2.24) is 9.55 Å². The predicted molar refractivity (Wildman–Crippen MR) is 82.4 cm³/mol. The normalized spacial score (nSPS) is 14.3. The number of imidazole rings is 1. The second kappa shape index (κ2) is 4.97. The monoisotopic (exact) mass is 283 g/mol. The molecule has 108 valence electrons. The highest BCUT2D eigenvalue weighted by atomic mass is 19.1. The van der Waals surface area contributed by atoms with E-state index in [4.69, 9.17) is 5.73 Å². The number of fused-ring (bicyclic) bond motifs is 1. The van der Waals surface area contributed by atoms with Gasteiger partial charge in [-0.2, -0.15) is 0 Å². The van der Waals surface area contributed by atoms with Crippen LogP contribution in [0.1, 0.15) is 18.3 Å². The molecule has 0 saturated carbocycles. The Hall–Kier alpha value is -2.20. The molecular weight excluding hydrogens is 265 g/mol. The smallest absolute Gasteiger partial charge is 0.123 e. The van der Waals surface area contributed by atoms with Crippen molar-refractivity contribution in [2.45, 2.75) is 18.9 Å². The molecule has 0 radical (unpaired) electrons. The molecule has 2 N–H and O–H groups in total. The van der Waals surface area contributed by atoms with Crippen LogP contribution in [0.3, 0.4) is 0 Å². The summed E-state index contributed by atoms with van der Waals surface area (Å²) in [6.45, 7) is 1.94. The molecule has 0 aliphatic rings. The topological polar surface area (TPSA) is 43.8 Å². The highest BCUT2D eigenvalue weighted by molar-refractivity contribution is 5.75. The van der Waals surface area contributed by atoms with Gasteiger partial charge < -0.3 is 10.3 Å². The van der Waals surface area contributed by atoms with Crippen LogP contribution in [0.4, 0.5) is 4.39 Å². The molecule has 3 nitrogen and oxygen atoms in total. The molecule has 0 bridgehead atoms. The highest BCUT2D eigenvalue weighted by Crippen LogP contribution is 2.24. The summed E-state index contributed by atoms with van der Waals surface area (Å²) < 4.78 is 15.1. The zero-order valence-corrected chi connectivity index (χ0v) is 12.2. The van der Waals surface area contributed by atoms with E-state index in [9.17, 15) is 4.39 Å². The number of benzene rings is 2. The van der Waals surface area contributed by atoms with Crippen molar-refractivity contribution in [3.05, 3.63) is 65.7 Å². The van der Waals surface area contributed by atoms with Crippen LogP contribution >= 0.6 is 0 Å². The van der Waals surface area contributed by atoms with Gasteiger partial charge in [0.05, 0.1) is 11.0 Å². The van der Waals surface area contributed by atoms with Gasteiger partial charge in [0.25, 0.3) is 0 Å². The average Bonchev–Trinajstić information content (AvgIpc) is 2.76. The van der Waals surface area contributed by atoms with Crippen LogP contribution in [0.25, 0.3) is 11.0 Å². The molecule has 1 aromatic heterocycles. The third kappa shape index (κ3) is 2.54. The van der Waals surface area contributed by atoms with Gasteiger partial charge in [0, 0.05) is 19.0 Å². The maximum absolute atomic E-state index is 13.0. The first-order valence-electron chi connectivity index (χ1n) is 6.93. The number of para-hydroxylation sites is 2. The van der Waals surface area contributed by atoms with Gasteiger partial charge in [0.15, 0.2) is 0 Å². The van der Waals surface area contributed by atoms with Gasteiger partial charge in [-0.05, 0) is 36.8 Å². The summed E-state index contributed by atoms with van der Waals surface area (Å²) in [5.41, 5.74) is 8.79. The number of hydrogen-bond acceptors (Lipinski definition) is 2. The second-order valence-electron chi connectivity index (χ2n) is 5.68. The van der Waals surface area contributed by atoms with Crippen LogP contribution in [0.2, 0.25) is 0 Å². The van der Waals surface area contributed by atoms with Crippen LogP contribution in [-0.2, 0) is 19.0 Å². The fraction of sp³-hybridized carbons (Fsp3) is 0.235. The van der Waals surface area contributed by atoms with E-state index in [0.717, 1.165) is 22.4 Å². The maximum Gasteiger partial charge on any atom is 0.123 e. The van der Waals surface area contributed by atoms with Crippen LogP contribution in [0.5, 0.6) is 0 Å². The highest BCUT2D eigenvalue weighted by Gasteiger charge is 2.24. The van der Waals surface area contributed by atoms with E-state index >= 15 is 0 Å². The largest absolute Gasteiger partial charge is 0.331 e. The molecular formula is C17H18FN3. The Morgan fingerprint density at radius 3 is 2.48 bits per heavy atom. The lowest BCUT2D eigenvalue weighted by molar-refractivity contribution is 0.470. The number of nitrogens with two attached hydrogens (primary N) is 1. The summed E-state index contributed by atoms with van der Waals surface area (Å²) in [7, 11) is 1.99. The van der Waals surface area contributed by atoms with Gasteiger partial charge in [-0.15, -0.1) is 0 Å². The lowest BCUT2D eigenvalue weighted by Crippen LogP contribution is -2.36. The van der Waals surface area contributed by atoms with E-state index in [2.05, 4.69) is 9.55 Å². The van der Waals surface area contributed by atoms with Crippen molar-refractivity contribution in [3.8, 4) is 0 Å². The number of hydrogen-bond donors (Lipinski definition) is 1. The fourth-order valence-electron chi connectivity index (χ4n) is 2.61. The zero-order chi connectivity index (χ0) is 15.0. The Bertz CT molecular complexity index is 772. The van der Waals surface area contributed by atoms with E-state index in [-0.39, 0.29) is 5.82 Å². The molecule has 0 saturated heterocycles. The molecule has 3 aromatic rings. The van der Waals surface area contributed by atoms with Gasteiger partial charge in [0.1, 0.15) is 11.6 Å². The van der Waals surface area contributed by atoms with Gasteiger partial charge in [-0.25, -0.2) is 9.37 Å². The molecule has 0 amide bonds. The van der Waals surface area contributed by atoms with Gasteiger partial charge in [-0.1, -0.05) is 24.3 Å². The number of halogens is 1. The van der Waals surface area contributed by atoms with Crippen LogP contribution in [-0.4, -0.2) is 9.55 Å². The second-order valence-corrected chi connectivity index (χ2v) is 5.68. The minimum Gasteiger partial charge on any atom is -0.331 e. The molecule has 4 heteroatoms. The first-order chi connectivity index (χ1) is 9.97. The Kier molecular flexibility index (Phi) is 3.26. The summed E-state index contributed by atoms with van der Waals surface area (Å²) in [6, 6.07) is 14.3. The minimum absolute atomic E-state index is 0.253. The Labute approximate surface area is 123 Å². The molecule has 0 spiro atoms. The number of rotatable bonds is 3. The molecule has 1 heterocycles. The maximum atomic E-state index is 13.0. The molecule has 3 rings (SSSR count). The van der Waals surface area contributed by atoms with Crippen molar-refractivity contribution < 1.29 is 4.39 Å². The van der Waals surface area contributed by atoms with E-state index in [1.807, 2.05) is 38.2 Å². The van der Waals surface area contributed by atoms with Crippen molar-refractivity contribution in [1.29, 1.82) is 0 Å². The summed E-state index contributed by atoms with van der Waals surface area (Å²) in [5, 5.41) is 0. The molecule has 0 aliphatic heterocycles. The van der Waals surface area contributed by atoms with Crippen molar-refractivity contribution >= 4 is 11.0 Å². The molecule has 1 atom stereocenters. The van der Waals surface area contributed by atoms with E-state index in [1.165, 1.54) is 12.1 Å². The third-order valence-corrected chi connectivity index (χ3v) is 3.91. The lowest BCUT2D eigenvalue weighted by Gasteiger charge is -2.25. The first kappa shape index (κ1) is 13.8. The Balaban J connectivity index is 1.96. The summed E-state index contributed by atoms with van der Waals surface area (Å²) in [5.74, 6) is 0.669. The SMILES string of the molecule is Cn1c(CC(C)(N)c2ccc(F)cc2)nc2ccccc21. The van der Waals surface area contributed by atoms with Crippen molar-refractivity contribution in [3.63, 3.8) is 0 Å². The Morgan fingerprint density at radius 2 is 1.81 bits per heavy atom. The number of nitrogens with zero attached hydrogens (tertiary/aromatic N) is 2. The summed E-state index contributed by atoms with van der Waals surface area (Å²) in [6.07, 6.45) is 0.587. The lowest BCUT2D eigenvalue weighted by atomic mass is 9.89. The standard InChI is InChI=1S/C17H18FN3/c1-17(19,12-7-9-13(18)10-8-12)11-16-20-14-5-3-4-6-15(14)21(16)2/h3-10H,11,19H2,1-2H3. The molecule has 2 aromatic carbocycles. The molecule has 0 aliphatic carbocycles. The van der Waals surface area contributed by atoms with E-state index in [0.29, 0.717) is 6.42 Å². The average molecular weight is 283 g/mol. The van der Waals surface area contributed by atoms with Crippen LogP contribution in [0, 0.1) is 5.82 Å². The predicted octanol–water partition coefficient (Wildman–Crippen LogP) is 3.13. The fourth-order valence-corrected chi connectivity index (χ4v) is 2.61. The van der Waals surface area contributed by atoms with Crippen LogP contribution in [0.15, 0.2) is 48.5 Å². The number of aryl methyl sites for hydroxylation is 1. The molecule has 21 heavy (non-hydrogen) atoms. The minimum atomic E-state index is -0.594. The van der Waals surface area contributed by atoms with E-state index in [1.54, 1.807) is 12.1 Å². The molecule has 0 fully saturated rings. The van der Waals surface area contributed by atoms with Crippen LogP contribution < -0.4 is 5.73 Å². The summed E-state index contributed by atoms with van der Waals surface area (Å²) >= 11 is 0. The van der Waals surface area contributed by atoms with Gasteiger partial charge >= 0.3 is 0 Å².